The summed E-state index contributed by atoms with van der Waals surface area (Å²) in [5.41, 5.74) is 10.0. The van der Waals surface area contributed by atoms with E-state index in [1.54, 1.807) is 12.1 Å². The van der Waals surface area contributed by atoms with E-state index >= 15 is 0 Å². The van der Waals surface area contributed by atoms with Crippen LogP contribution in [0.2, 0.25) is 0 Å². The van der Waals surface area contributed by atoms with Gasteiger partial charge in [-0.15, -0.1) is 0 Å². The average Bonchev–Trinajstić information content (AvgIpc) is 2.72. The van der Waals surface area contributed by atoms with Crippen molar-refractivity contribution in [3.63, 3.8) is 0 Å². The molecule has 0 spiro atoms. The number of carbonyl (C=O) groups excluding carboxylic acids is 1. The highest BCUT2D eigenvalue weighted by molar-refractivity contribution is 5.84. The van der Waals surface area contributed by atoms with Crippen molar-refractivity contribution in [3.8, 4) is 5.75 Å². The SMILES string of the molecule is NC(=O)C1(N)CCC(Oc2cccc([N+](=O)[O-])c2)C1. The van der Waals surface area contributed by atoms with Crippen molar-refractivity contribution in [1.29, 1.82) is 0 Å². The quantitative estimate of drug-likeness (QED) is 0.613. The Morgan fingerprint density at radius 1 is 1.53 bits per heavy atom. The predicted octanol–water partition coefficient (Wildman–Crippen LogP) is 0.709. The molecule has 2 unspecified atom stereocenters. The van der Waals surface area contributed by atoms with Crippen molar-refractivity contribution < 1.29 is 14.5 Å². The van der Waals surface area contributed by atoms with E-state index in [0.717, 1.165) is 0 Å². The Balaban J connectivity index is 2.05. The molecule has 0 bridgehead atoms. The van der Waals surface area contributed by atoms with Gasteiger partial charge in [0.2, 0.25) is 5.91 Å². The topological polar surface area (TPSA) is 121 Å². The number of nitro benzene ring substituents is 1. The first-order valence-electron chi connectivity index (χ1n) is 5.91. The Bertz CT molecular complexity index is 519. The molecule has 7 nitrogen and oxygen atoms in total. The number of hydrogen-bond acceptors (Lipinski definition) is 5. The van der Waals surface area contributed by atoms with Crippen LogP contribution in [0.15, 0.2) is 24.3 Å². The Hall–Kier alpha value is -2.15. The highest BCUT2D eigenvalue weighted by Crippen LogP contribution is 2.31. The zero-order valence-electron chi connectivity index (χ0n) is 10.2. The molecule has 1 fully saturated rings. The molecule has 1 aliphatic rings. The van der Waals surface area contributed by atoms with Crippen LogP contribution in [0.25, 0.3) is 0 Å². The number of nitrogens with two attached hydrogens (primary N) is 2. The second kappa shape index (κ2) is 4.85. The number of rotatable bonds is 4. The molecule has 0 saturated heterocycles. The normalized spacial score (nSPS) is 26.1. The molecule has 102 valence electrons. The first-order chi connectivity index (χ1) is 8.90. The van der Waals surface area contributed by atoms with E-state index in [2.05, 4.69) is 0 Å². The molecule has 1 aliphatic carbocycles. The van der Waals surface area contributed by atoms with Crippen molar-refractivity contribution in [1.82, 2.24) is 0 Å². The Morgan fingerprint density at radius 3 is 2.84 bits per heavy atom. The summed E-state index contributed by atoms with van der Waals surface area (Å²) in [6.07, 6.45) is 1.13. The van der Waals surface area contributed by atoms with Gasteiger partial charge in [0, 0.05) is 12.5 Å². The lowest BCUT2D eigenvalue weighted by Gasteiger charge is -2.19. The third-order valence-electron chi connectivity index (χ3n) is 3.33. The number of carbonyl (C=O) groups is 1. The second-order valence-corrected chi connectivity index (χ2v) is 4.76. The summed E-state index contributed by atoms with van der Waals surface area (Å²) in [5.74, 6) is -0.148. The molecule has 1 aromatic rings. The largest absolute Gasteiger partial charge is 0.490 e. The molecule has 0 heterocycles. The van der Waals surface area contributed by atoms with E-state index in [4.69, 9.17) is 16.2 Å². The Morgan fingerprint density at radius 2 is 2.26 bits per heavy atom. The van der Waals surface area contributed by atoms with Crippen LogP contribution >= 0.6 is 0 Å². The van der Waals surface area contributed by atoms with Gasteiger partial charge in [-0.3, -0.25) is 14.9 Å². The van der Waals surface area contributed by atoms with Crippen molar-refractivity contribution in [2.24, 2.45) is 11.5 Å². The minimum Gasteiger partial charge on any atom is -0.490 e. The minimum absolute atomic E-state index is 0.0376. The summed E-state index contributed by atoms with van der Waals surface area (Å²) >= 11 is 0. The van der Waals surface area contributed by atoms with E-state index in [0.29, 0.717) is 25.0 Å². The summed E-state index contributed by atoms with van der Waals surface area (Å²) in [4.78, 5) is 21.4. The van der Waals surface area contributed by atoms with Crippen LogP contribution in [-0.4, -0.2) is 22.5 Å². The molecule has 2 rings (SSSR count). The highest BCUT2D eigenvalue weighted by atomic mass is 16.6. The number of amides is 1. The fraction of sp³-hybridized carbons (Fsp3) is 0.417. The molecule has 19 heavy (non-hydrogen) atoms. The maximum Gasteiger partial charge on any atom is 0.273 e. The van der Waals surface area contributed by atoms with Crippen LogP contribution < -0.4 is 16.2 Å². The van der Waals surface area contributed by atoms with Crippen LogP contribution in [0.1, 0.15) is 19.3 Å². The van der Waals surface area contributed by atoms with Crippen LogP contribution in [0, 0.1) is 10.1 Å². The average molecular weight is 265 g/mol. The summed E-state index contributed by atoms with van der Waals surface area (Å²) < 4.78 is 5.62. The lowest BCUT2D eigenvalue weighted by molar-refractivity contribution is -0.384. The zero-order chi connectivity index (χ0) is 14.0. The fourth-order valence-electron chi connectivity index (χ4n) is 2.22. The molecule has 7 heteroatoms. The van der Waals surface area contributed by atoms with Crippen LogP contribution in [0.3, 0.4) is 0 Å². The van der Waals surface area contributed by atoms with Crippen molar-refractivity contribution in [2.45, 2.75) is 30.9 Å². The maximum absolute atomic E-state index is 11.2. The van der Waals surface area contributed by atoms with Crippen LogP contribution in [-0.2, 0) is 4.79 Å². The first-order valence-corrected chi connectivity index (χ1v) is 5.91. The molecule has 4 N–H and O–H groups in total. The number of hydrogen-bond donors (Lipinski definition) is 2. The molecule has 1 aromatic carbocycles. The minimum atomic E-state index is -1.04. The summed E-state index contributed by atoms with van der Waals surface area (Å²) in [7, 11) is 0. The van der Waals surface area contributed by atoms with Gasteiger partial charge in [-0.05, 0) is 18.9 Å². The summed E-state index contributed by atoms with van der Waals surface area (Å²) in [6, 6.07) is 5.92. The molecular weight excluding hydrogens is 250 g/mol. The lowest BCUT2D eigenvalue weighted by atomic mass is 9.99. The predicted molar refractivity (Wildman–Crippen MR) is 67.5 cm³/mol. The molecule has 0 radical (unpaired) electrons. The van der Waals surface area contributed by atoms with Crippen molar-refractivity contribution >= 4 is 11.6 Å². The van der Waals surface area contributed by atoms with Gasteiger partial charge in [0.25, 0.3) is 5.69 Å². The number of nitro groups is 1. The third kappa shape index (κ3) is 2.82. The molecule has 0 aliphatic heterocycles. The van der Waals surface area contributed by atoms with Crippen molar-refractivity contribution in [3.05, 3.63) is 34.4 Å². The Kier molecular flexibility index (Phi) is 3.39. The zero-order valence-corrected chi connectivity index (χ0v) is 10.2. The number of benzene rings is 1. The smallest absolute Gasteiger partial charge is 0.273 e. The monoisotopic (exact) mass is 265 g/mol. The van der Waals surface area contributed by atoms with Gasteiger partial charge in [0.15, 0.2) is 0 Å². The summed E-state index contributed by atoms with van der Waals surface area (Å²) in [6.45, 7) is 0. The number of non-ortho nitro benzene ring substituents is 1. The molecule has 1 amide bonds. The van der Waals surface area contributed by atoms with E-state index in [1.165, 1.54) is 12.1 Å². The van der Waals surface area contributed by atoms with E-state index in [9.17, 15) is 14.9 Å². The van der Waals surface area contributed by atoms with Gasteiger partial charge in [-0.2, -0.15) is 0 Å². The molecule has 2 atom stereocenters. The van der Waals surface area contributed by atoms with Gasteiger partial charge in [0.05, 0.1) is 16.5 Å². The first kappa shape index (κ1) is 13.3. The van der Waals surface area contributed by atoms with Gasteiger partial charge in [-0.25, -0.2) is 0 Å². The second-order valence-electron chi connectivity index (χ2n) is 4.76. The van der Waals surface area contributed by atoms with Gasteiger partial charge in [-0.1, -0.05) is 6.07 Å². The standard InChI is InChI=1S/C12H15N3O4/c13-11(16)12(14)5-4-10(7-12)19-9-3-1-2-8(6-9)15(17)18/h1-3,6,10H,4-5,7,14H2,(H2,13,16). The fourth-order valence-corrected chi connectivity index (χ4v) is 2.22. The number of ether oxygens (including phenoxy) is 1. The maximum atomic E-state index is 11.2. The third-order valence-corrected chi connectivity index (χ3v) is 3.33. The highest BCUT2D eigenvalue weighted by Gasteiger charge is 2.41. The van der Waals surface area contributed by atoms with E-state index in [1.807, 2.05) is 0 Å². The van der Waals surface area contributed by atoms with Crippen molar-refractivity contribution in [2.75, 3.05) is 0 Å². The van der Waals surface area contributed by atoms with Crippen LogP contribution in [0.5, 0.6) is 5.75 Å². The molecule has 1 saturated carbocycles. The van der Waals surface area contributed by atoms with E-state index < -0.39 is 16.4 Å². The molecule has 0 aromatic heterocycles. The number of primary amides is 1. The van der Waals surface area contributed by atoms with Gasteiger partial charge < -0.3 is 16.2 Å². The van der Waals surface area contributed by atoms with Gasteiger partial charge in [0.1, 0.15) is 11.9 Å². The van der Waals surface area contributed by atoms with Crippen LogP contribution in [0.4, 0.5) is 5.69 Å². The van der Waals surface area contributed by atoms with E-state index in [-0.39, 0.29) is 11.8 Å². The lowest BCUT2D eigenvalue weighted by Crippen LogP contribution is -2.50. The summed E-state index contributed by atoms with van der Waals surface area (Å²) in [5, 5.41) is 10.7. The molecular formula is C12H15N3O4. The van der Waals surface area contributed by atoms with Gasteiger partial charge >= 0.3 is 0 Å². The Labute approximate surface area is 109 Å². The number of nitrogens with zero attached hydrogens (tertiary/aromatic N) is 1.